The van der Waals surface area contributed by atoms with Gasteiger partial charge in [0.15, 0.2) is 11.5 Å². The normalized spacial score (nSPS) is 11.0. The molecule has 0 radical (unpaired) electrons. The fourth-order valence-corrected chi connectivity index (χ4v) is 3.31. The Morgan fingerprint density at radius 2 is 1.61 bits per heavy atom. The van der Waals surface area contributed by atoms with Gasteiger partial charge in [0.25, 0.3) is 5.24 Å². The van der Waals surface area contributed by atoms with Crippen LogP contribution >= 0.6 is 11.6 Å². The average Bonchev–Trinajstić information content (AvgIpc) is 2.67. The third kappa shape index (κ3) is 6.26. The lowest BCUT2D eigenvalue weighted by molar-refractivity contribution is 0.108. The first-order valence-electron chi connectivity index (χ1n) is 10.2. The first kappa shape index (κ1) is 22.3. The zero-order valence-electron chi connectivity index (χ0n) is 16.8. The van der Waals surface area contributed by atoms with Gasteiger partial charge in [0.2, 0.25) is 5.43 Å². The smallest absolute Gasteiger partial charge is 0.257 e. The summed E-state index contributed by atoms with van der Waals surface area (Å²) in [6.07, 6.45) is 11.1. The molecule has 2 rings (SSSR count). The Morgan fingerprint density at radius 1 is 0.964 bits per heavy atom. The third-order valence-electron chi connectivity index (χ3n) is 4.71. The number of pyridine rings is 1. The zero-order chi connectivity index (χ0) is 20.4. The minimum atomic E-state index is -0.779. The SMILES string of the molecule is CCCCCCCCCCOc1cc2c(=O)c(C(=O)Cl)c[nH]c2cc1OCC. The highest BCUT2D eigenvalue weighted by atomic mass is 35.5. The van der Waals surface area contributed by atoms with Crippen LogP contribution in [0.2, 0.25) is 0 Å². The number of fused-ring (bicyclic) bond motifs is 1. The number of ether oxygens (including phenoxy) is 2. The van der Waals surface area contributed by atoms with E-state index >= 15 is 0 Å². The van der Waals surface area contributed by atoms with E-state index in [1.165, 1.54) is 44.7 Å². The van der Waals surface area contributed by atoms with Crippen molar-refractivity contribution in [3.05, 3.63) is 34.1 Å². The molecule has 0 aliphatic carbocycles. The van der Waals surface area contributed by atoms with Crippen molar-refractivity contribution in [1.29, 1.82) is 0 Å². The number of unbranched alkanes of at least 4 members (excludes halogenated alkanes) is 7. The minimum absolute atomic E-state index is 0.0765. The number of benzene rings is 1. The van der Waals surface area contributed by atoms with Crippen molar-refractivity contribution in [2.75, 3.05) is 13.2 Å². The molecule has 1 aromatic carbocycles. The fourth-order valence-electron chi connectivity index (χ4n) is 3.17. The highest BCUT2D eigenvalue weighted by Crippen LogP contribution is 2.31. The van der Waals surface area contributed by atoms with E-state index in [0.717, 1.165) is 12.8 Å². The second-order valence-corrected chi connectivity index (χ2v) is 7.25. The van der Waals surface area contributed by atoms with Crippen LogP contribution < -0.4 is 14.9 Å². The van der Waals surface area contributed by atoms with Gasteiger partial charge in [-0.25, -0.2) is 0 Å². The van der Waals surface area contributed by atoms with Gasteiger partial charge in [-0.1, -0.05) is 51.9 Å². The Balaban J connectivity index is 2.01. The second-order valence-electron chi connectivity index (χ2n) is 6.91. The van der Waals surface area contributed by atoms with E-state index < -0.39 is 10.7 Å². The summed E-state index contributed by atoms with van der Waals surface area (Å²) >= 11 is 5.49. The summed E-state index contributed by atoms with van der Waals surface area (Å²) in [6, 6.07) is 3.36. The molecule has 0 fully saturated rings. The van der Waals surface area contributed by atoms with Crippen molar-refractivity contribution < 1.29 is 14.3 Å². The molecule has 1 N–H and O–H groups in total. The van der Waals surface area contributed by atoms with E-state index in [1.54, 1.807) is 12.1 Å². The molecule has 154 valence electrons. The Hall–Kier alpha value is -2.01. The number of nitrogens with one attached hydrogen (secondary N) is 1. The highest BCUT2D eigenvalue weighted by molar-refractivity contribution is 6.67. The van der Waals surface area contributed by atoms with Crippen molar-refractivity contribution in [3.63, 3.8) is 0 Å². The molecule has 0 unspecified atom stereocenters. The van der Waals surface area contributed by atoms with Gasteiger partial charge in [0.05, 0.1) is 29.7 Å². The topological polar surface area (TPSA) is 68.4 Å². The van der Waals surface area contributed by atoms with Crippen LogP contribution in [0.3, 0.4) is 0 Å². The van der Waals surface area contributed by atoms with E-state index in [9.17, 15) is 9.59 Å². The number of hydrogen-bond acceptors (Lipinski definition) is 4. The molecule has 0 spiro atoms. The van der Waals surface area contributed by atoms with Gasteiger partial charge in [0, 0.05) is 12.3 Å². The van der Waals surface area contributed by atoms with Crippen LogP contribution in [-0.4, -0.2) is 23.4 Å². The van der Waals surface area contributed by atoms with E-state index in [0.29, 0.717) is 35.6 Å². The molecule has 5 nitrogen and oxygen atoms in total. The molecule has 28 heavy (non-hydrogen) atoms. The summed E-state index contributed by atoms with van der Waals surface area (Å²) in [7, 11) is 0. The first-order chi connectivity index (χ1) is 13.6. The molecule has 1 heterocycles. The number of aromatic amines is 1. The molecule has 0 aliphatic heterocycles. The van der Waals surface area contributed by atoms with Gasteiger partial charge in [0.1, 0.15) is 0 Å². The van der Waals surface area contributed by atoms with Crippen molar-refractivity contribution >= 4 is 27.7 Å². The van der Waals surface area contributed by atoms with Crippen molar-refractivity contribution in [2.24, 2.45) is 0 Å². The summed E-state index contributed by atoms with van der Waals surface area (Å²) in [4.78, 5) is 26.8. The van der Waals surface area contributed by atoms with Crippen LogP contribution in [0, 0.1) is 0 Å². The third-order valence-corrected chi connectivity index (χ3v) is 4.92. The van der Waals surface area contributed by atoms with E-state index in [2.05, 4.69) is 11.9 Å². The Labute approximate surface area is 171 Å². The van der Waals surface area contributed by atoms with Gasteiger partial charge in [-0.15, -0.1) is 0 Å². The lowest BCUT2D eigenvalue weighted by Gasteiger charge is -2.13. The monoisotopic (exact) mass is 407 g/mol. The van der Waals surface area contributed by atoms with Crippen LogP contribution in [0.5, 0.6) is 11.5 Å². The molecule has 0 atom stereocenters. The maximum absolute atomic E-state index is 12.5. The van der Waals surface area contributed by atoms with Crippen LogP contribution in [0.15, 0.2) is 23.1 Å². The number of H-pyrrole nitrogens is 1. The van der Waals surface area contributed by atoms with Crippen molar-refractivity contribution in [1.82, 2.24) is 4.98 Å². The quantitative estimate of drug-likeness (QED) is 0.335. The predicted molar refractivity (Wildman–Crippen MR) is 114 cm³/mol. The van der Waals surface area contributed by atoms with Crippen LogP contribution in [0.25, 0.3) is 10.9 Å². The number of carbonyl (C=O) groups excluding carboxylic acids is 1. The number of rotatable bonds is 13. The molecule has 6 heteroatoms. The number of hydrogen-bond donors (Lipinski definition) is 1. The molecule has 0 saturated heterocycles. The highest BCUT2D eigenvalue weighted by Gasteiger charge is 2.14. The molecule has 1 aromatic heterocycles. The molecule has 0 bridgehead atoms. The number of carbonyl (C=O) groups is 1. The van der Waals surface area contributed by atoms with Crippen molar-refractivity contribution in [3.8, 4) is 11.5 Å². The molecule has 0 saturated carbocycles. The number of aromatic nitrogens is 1. The average molecular weight is 408 g/mol. The van der Waals surface area contributed by atoms with Crippen molar-refractivity contribution in [2.45, 2.75) is 65.2 Å². The Bertz CT molecular complexity index is 831. The summed E-state index contributed by atoms with van der Waals surface area (Å²) < 4.78 is 11.6. The molecule has 0 amide bonds. The Kier molecular flexibility index (Phi) is 9.35. The molecular formula is C22H30ClNO4. The van der Waals surface area contributed by atoms with Gasteiger partial charge >= 0.3 is 0 Å². The largest absolute Gasteiger partial charge is 0.490 e. The summed E-state index contributed by atoms with van der Waals surface area (Å²) in [5.74, 6) is 1.09. The maximum atomic E-state index is 12.5. The summed E-state index contributed by atoms with van der Waals surface area (Å²) in [5, 5.41) is -0.417. The minimum Gasteiger partial charge on any atom is -0.490 e. The molecule has 0 aliphatic rings. The Morgan fingerprint density at radius 3 is 2.25 bits per heavy atom. The van der Waals surface area contributed by atoms with Gasteiger partial charge < -0.3 is 14.5 Å². The summed E-state index contributed by atoms with van der Waals surface area (Å²) in [5.41, 5.74) is 0.0932. The molecule has 2 aromatic rings. The second kappa shape index (κ2) is 11.7. The zero-order valence-corrected chi connectivity index (χ0v) is 17.6. The standard InChI is InChI=1S/C22H30ClNO4/c1-3-5-6-7-8-9-10-11-12-28-19-13-16-18(14-20(19)27-4-2)24-15-17(21(16)25)22(23)26/h13-15H,3-12H2,1-2H3,(H,24,25). The lowest BCUT2D eigenvalue weighted by Crippen LogP contribution is -2.13. The number of halogens is 1. The van der Waals surface area contributed by atoms with E-state index in [-0.39, 0.29) is 5.56 Å². The van der Waals surface area contributed by atoms with Gasteiger partial charge in [-0.05, 0) is 31.0 Å². The van der Waals surface area contributed by atoms with Crippen LogP contribution in [0.1, 0.15) is 75.6 Å². The maximum Gasteiger partial charge on any atom is 0.257 e. The lowest BCUT2D eigenvalue weighted by atomic mass is 10.1. The first-order valence-corrected chi connectivity index (χ1v) is 10.6. The van der Waals surface area contributed by atoms with Gasteiger partial charge in [-0.2, -0.15) is 0 Å². The van der Waals surface area contributed by atoms with Crippen LogP contribution in [-0.2, 0) is 0 Å². The van der Waals surface area contributed by atoms with E-state index in [1.807, 2.05) is 6.92 Å². The fraction of sp³-hybridized carbons (Fsp3) is 0.545. The summed E-state index contributed by atoms with van der Waals surface area (Å²) in [6.45, 7) is 5.17. The van der Waals surface area contributed by atoms with Crippen LogP contribution in [0.4, 0.5) is 0 Å². The van der Waals surface area contributed by atoms with E-state index in [4.69, 9.17) is 21.1 Å². The molecular weight excluding hydrogens is 378 g/mol. The van der Waals surface area contributed by atoms with Gasteiger partial charge in [-0.3, -0.25) is 9.59 Å². The predicted octanol–water partition coefficient (Wildman–Crippen LogP) is 5.83.